The van der Waals surface area contributed by atoms with Gasteiger partial charge in [-0.2, -0.15) is 0 Å². The van der Waals surface area contributed by atoms with Gasteiger partial charge >= 0.3 is 0 Å². The van der Waals surface area contributed by atoms with Gasteiger partial charge in [-0.1, -0.05) is 6.92 Å². The molecule has 0 heterocycles. The van der Waals surface area contributed by atoms with Crippen molar-refractivity contribution in [2.24, 2.45) is 17.8 Å². The first-order valence-electron chi connectivity index (χ1n) is 7.00. The summed E-state index contributed by atoms with van der Waals surface area (Å²) in [7, 11) is 0. The Morgan fingerprint density at radius 1 is 1.18 bits per heavy atom. The van der Waals surface area contributed by atoms with Gasteiger partial charge in [0.2, 0.25) is 0 Å². The molecule has 0 aromatic carbocycles. The Morgan fingerprint density at radius 3 is 2.00 bits per heavy atom. The largest absolute Gasteiger partial charge is 0.760 e. The molecule has 98 valence electrons. The van der Waals surface area contributed by atoms with Crippen LogP contribution in [0.3, 0.4) is 0 Å². The molecule has 4 aliphatic rings. The Balaban J connectivity index is 1.87. The van der Waals surface area contributed by atoms with Crippen LogP contribution in [-0.2, 0) is 11.3 Å². The molecule has 0 aromatic rings. The summed E-state index contributed by atoms with van der Waals surface area (Å²) in [5.41, 5.74) is 0.0113. The lowest BCUT2D eigenvalue weighted by atomic mass is 9.53. The maximum absolute atomic E-state index is 11.5. The van der Waals surface area contributed by atoms with Gasteiger partial charge in [0, 0.05) is 23.4 Å². The fraction of sp³-hybridized carbons (Fsp3) is 1.00. The highest BCUT2D eigenvalue weighted by Crippen LogP contribution is 2.57. The molecule has 4 rings (SSSR count). The maximum Gasteiger partial charge on any atom is 0.0334 e. The Hall–Kier alpha value is 0.0700. The second kappa shape index (κ2) is 4.32. The molecule has 4 bridgehead atoms. The molecule has 0 amide bonds. The van der Waals surface area contributed by atoms with Gasteiger partial charge in [-0.25, -0.2) is 4.31 Å². The second-order valence-electron chi connectivity index (χ2n) is 6.46. The summed E-state index contributed by atoms with van der Waals surface area (Å²) < 4.78 is 24.9. The minimum absolute atomic E-state index is 0.0113. The monoisotopic (exact) mass is 256 g/mol. The number of nitrogens with zero attached hydrogens (tertiary/aromatic N) is 1. The Kier molecular flexibility index (Phi) is 3.08. The minimum atomic E-state index is -2.03. The van der Waals surface area contributed by atoms with Crippen LogP contribution >= 0.6 is 0 Å². The van der Waals surface area contributed by atoms with E-state index in [2.05, 4.69) is 6.92 Å². The van der Waals surface area contributed by atoms with E-state index in [0.717, 1.165) is 43.4 Å². The van der Waals surface area contributed by atoms with Crippen molar-refractivity contribution in [1.29, 1.82) is 0 Å². The van der Waals surface area contributed by atoms with Crippen LogP contribution in [0.15, 0.2) is 0 Å². The third-order valence-electron chi connectivity index (χ3n) is 5.14. The average molecular weight is 256 g/mol. The molecule has 4 aliphatic carbocycles. The first-order chi connectivity index (χ1) is 8.13. The lowest BCUT2D eigenvalue weighted by molar-refractivity contribution is -0.0570. The molecule has 4 saturated carbocycles. The Labute approximate surface area is 106 Å². The molecule has 1 unspecified atom stereocenters. The van der Waals surface area contributed by atoms with Crippen LogP contribution in [0, 0.1) is 17.8 Å². The number of hydrogen-bond acceptors (Lipinski definition) is 2. The quantitative estimate of drug-likeness (QED) is 0.725. The molecule has 0 spiro atoms. The summed E-state index contributed by atoms with van der Waals surface area (Å²) in [6, 6.07) is 0. The summed E-state index contributed by atoms with van der Waals surface area (Å²) in [6.45, 7) is 2.78. The van der Waals surface area contributed by atoms with Crippen LogP contribution in [-0.4, -0.2) is 25.2 Å². The molecule has 17 heavy (non-hydrogen) atoms. The fourth-order valence-corrected chi connectivity index (χ4v) is 5.91. The minimum Gasteiger partial charge on any atom is -0.760 e. The summed E-state index contributed by atoms with van der Waals surface area (Å²) in [5, 5.41) is 0. The first kappa shape index (κ1) is 12.1. The zero-order valence-electron chi connectivity index (χ0n) is 10.6. The van der Waals surface area contributed by atoms with Crippen molar-refractivity contribution in [2.75, 3.05) is 6.54 Å². The zero-order valence-corrected chi connectivity index (χ0v) is 11.4. The number of hydrogen-bond donors (Lipinski definition) is 0. The zero-order chi connectivity index (χ0) is 12.0. The normalized spacial score (nSPS) is 45.5. The van der Waals surface area contributed by atoms with Gasteiger partial charge in [-0.3, -0.25) is 4.21 Å². The third kappa shape index (κ3) is 1.98. The third-order valence-corrected chi connectivity index (χ3v) is 6.07. The van der Waals surface area contributed by atoms with Crippen molar-refractivity contribution < 1.29 is 8.76 Å². The first-order valence-corrected chi connectivity index (χ1v) is 8.03. The molecule has 4 heteroatoms. The predicted molar refractivity (Wildman–Crippen MR) is 66.8 cm³/mol. The molecule has 4 fully saturated rings. The molecule has 0 saturated heterocycles. The highest BCUT2D eigenvalue weighted by molar-refractivity contribution is 7.76. The van der Waals surface area contributed by atoms with Crippen molar-refractivity contribution in [1.82, 2.24) is 4.31 Å². The van der Waals surface area contributed by atoms with Crippen LogP contribution in [0.2, 0.25) is 0 Å². The molecule has 0 radical (unpaired) electrons. The van der Waals surface area contributed by atoms with E-state index in [9.17, 15) is 8.76 Å². The van der Waals surface area contributed by atoms with Crippen molar-refractivity contribution in [2.45, 2.75) is 57.4 Å². The van der Waals surface area contributed by atoms with E-state index in [1.165, 1.54) is 19.3 Å². The average Bonchev–Trinajstić information content (AvgIpc) is 2.23. The van der Waals surface area contributed by atoms with Gasteiger partial charge in [-0.05, 0) is 62.7 Å². The van der Waals surface area contributed by atoms with Crippen molar-refractivity contribution in [3.63, 3.8) is 0 Å². The number of rotatable bonds is 4. The van der Waals surface area contributed by atoms with E-state index in [4.69, 9.17) is 0 Å². The van der Waals surface area contributed by atoms with Crippen molar-refractivity contribution in [3.05, 3.63) is 0 Å². The van der Waals surface area contributed by atoms with Crippen LogP contribution in [0.1, 0.15) is 51.9 Å². The highest BCUT2D eigenvalue weighted by Gasteiger charge is 2.53. The van der Waals surface area contributed by atoms with Gasteiger partial charge in [-0.15, -0.1) is 0 Å². The highest BCUT2D eigenvalue weighted by atomic mass is 32.2. The van der Waals surface area contributed by atoms with Crippen molar-refractivity contribution in [3.8, 4) is 0 Å². The van der Waals surface area contributed by atoms with E-state index < -0.39 is 11.3 Å². The van der Waals surface area contributed by atoms with E-state index >= 15 is 0 Å². The summed E-state index contributed by atoms with van der Waals surface area (Å²) in [6.07, 6.45) is 8.42. The smallest absolute Gasteiger partial charge is 0.0334 e. The summed E-state index contributed by atoms with van der Waals surface area (Å²) in [5.74, 6) is 2.43. The van der Waals surface area contributed by atoms with E-state index in [0.29, 0.717) is 6.54 Å². The molecule has 0 aliphatic heterocycles. The van der Waals surface area contributed by atoms with Gasteiger partial charge in [0.25, 0.3) is 0 Å². The Morgan fingerprint density at radius 2 is 1.65 bits per heavy atom. The SMILES string of the molecule is CCCN(S(=O)[O-])C12CC3CC(CC(C3)C1)C2. The summed E-state index contributed by atoms with van der Waals surface area (Å²) >= 11 is -2.03. The van der Waals surface area contributed by atoms with Gasteiger partial charge < -0.3 is 4.55 Å². The van der Waals surface area contributed by atoms with Crippen LogP contribution in [0.25, 0.3) is 0 Å². The van der Waals surface area contributed by atoms with Gasteiger partial charge in [0.1, 0.15) is 0 Å². The van der Waals surface area contributed by atoms with Gasteiger partial charge in [0.15, 0.2) is 0 Å². The van der Waals surface area contributed by atoms with E-state index in [1.54, 1.807) is 4.31 Å². The van der Waals surface area contributed by atoms with E-state index in [1.807, 2.05) is 0 Å². The second-order valence-corrected chi connectivity index (χ2v) is 7.34. The van der Waals surface area contributed by atoms with Crippen molar-refractivity contribution >= 4 is 11.3 Å². The lowest BCUT2D eigenvalue weighted by Gasteiger charge is -2.60. The molecular weight excluding hydrogens is 234 g/mol. The molecule has 0 aromatic heterocycles. The summed E-state index contributed by atoms with van der Waals surface area (Å²) in [4.78, 5) is 0. The fourth-order valence-electron chi connectivity index (χ4n) is 5.04. The molecule has 1 atom stereocenters. The topological polar surface area (TPSA) is 43.4 Å². The molecular formula is C13H22NO2S-. The molecule has 3 nitrogen and oxygen atoms in total. The Bertz CT molecular complexity index is 296. The molecule has 0 N–H and O–H groups in total. The van der Waals surface area contributed by atoms with Crippen LogP contribution in [0.4, 0.5) is 0 Å². The maximum atomic E-state index is 11.5. The predicted octanol–water partition coefficient (Wildman–Crippen LogP) is 2.46. The van der Waals surface area contributed by atoms with Crippen LogP contribution < -0.4 is 0 Å². The standard InChI is InChI=1S/C13H23NO2S/c1-2-3-14(17(15)16)13-7-10-4-11(8-13)6-12(5-10)9-13/h10-12H,2-9H2,1H3,(H,15,16)/p-1. The van der Waals surface area contributed by atoms with Gasteiger partial charge in [0.05, 0.1) is 0 Å². The van der Waals surface area contributed by atoms with E-state index in [-0.39, 0.29) is 5.54 Å². The lowest BCUT2D eigenvalue weighted by Crippen LogP contribution is -2.60. The van der Waals surface area contributed by atoms with Crippen LogP contribution in [0.5, 0.6) is 0 Å².